The molecule has 0 spiro atoms. The number of carbonyl (C=O) groups is 2. The predicted molar refractivity (Wildman–Crippen MR) is 88.5 cm³/mol. The number of nitrogens with one attached hydrogen (secondary N) is 3. The minimum atomic E-state index is -3.32. The number of anilines is 2. The molecule has 2 amide bonds. The Hall–Kier alpha value is -2.09. The largest absolute Gasteiger partial charge is 0.355 e. The van der Waals surface area contributed by atoms with Gasteiger partial charge in [-0.05, 0) is 37.1 Å². The molecule has 0 radical (unpaired) electrons. The van der Waals surface area contributed by atoms with Crippen LogP contribution in [0.15, 0.2) is 24.3 Å². The topological polar surface area (TPSA) is 104 Å². The number of amides is 2. The van der Waals surface area contributed by atoms with Crippen molar-refractivity contribution in [1.29, 1.82) is 0 Å². The molecule has 0 bridgehead atoms. The van der Waals surface area contributed by atoms with Crippen LogP contribution in [0.4, 0.5) is 11.4 Å². The van der Waals surface area contributed by atoms with E-state index in [9.17, 15) is 18.0 Å². The van der Waals surface area contributed by atoms with E-state index in [0.29, 0.717) is 37.2 Å². The van der Waals surface area contributed by atoms with E-state index in [-0.39, 0.29) is 23.5 Å². The van der Waals surface area contributed by atoms with E-state index in [2.05, 4.69) is 15.4 Å². The molecular formula is C15H21N3O4S. The van der Waals surface area contributed by atoms with Crippen LogP contribution in [-0.4, -0.2) is 32.5 Å². The molecule has 126 valence electrons. The molecule has 0 saturated carbocycles. The summed E-state index contributed by atoms with van der Waals surface area (Å²) in [4.78, 5) is 23.2. The number of rotatable bonds is 6. The Balaban J connectivity index is 1.92. The Morgan fingerprint density at radius 3 is 2.48 bits per heavy atom. The third-order valence-corrected chi connectivity index (χ3v) is 5.03. The molecule has 1 fully saturated rings. The van der Waals surface area contributed by atoms with Gasteiger partial charge in [0.15, 0.2) is 0 Å². The van der Waals surface area contributed by atoms with E-state index >= 15 is 0 Å². The van der Waals surface area contributed by atoms with Crippen LogP contribution in [-0.2, 0) is 19.6 Å². The first-order valence-electron chi connectivity index (χ1n) is 7.58. The fourth-order valence-corrected chi connectivity index (χ4v) is 3.46. The molecular weight excluding hydrogens is 318 g/mol. The third-order valence-electron chi connectivity index (χ3n) is 3.53. The van der Waals surface area contributed by atoms with Crippen molar-refractivity contribution in [3.63, 3.8) is 0 Å². The highest BCUT2D eigenvalue weighted by atomic mass is 32.2. The zero-order valence-corrected chi connectivity index (χ0v) is 13.8. The molecule has 23 heavy (non-hydrogen) atoms. The third kappa shape index (κ3) is 5.24. The lowest BCUT2D eigenvalue weighted by Crippen LogP contribution is -2.40. The molecule has 1 atom stereocenters. The van der Waals surface area contributed by atoms with E-state index in [1.165, 1.54) is 0 Å². The summed E-state index contributed by atoms with van der Waals surface area (Å²) in [5.41, 5.74) is 1.05. The summed E-state index contributed by atoms with van der Waals surface area (Å²) in [7, 11) is -3.32. The van der Waals surface area contributed by atoms with Gasteiger partial charge in [0.1, 0.15) is 0 Å². The first kappa shape index (κ1) is 17.3. The standard InChI is InChI=1S/C15H21N3O4S/c1-2-9-23(21,22)18-13-6-4-12(5-7-13)17-15(20)11-3-8-14(19)16-10-11/h4-7,11,18H,2-3,8-10H2,1H3,(H,16,19)(H,17,20)/t11-/m1/s1. The summed E-state index contributed by atoms with van der Waals surface area (Å²) in [6.45, 7) is 2.14. The number of hydrogen-bond donors (Lipinski definition) is 3. The van der Waals surface area contributed by atoms with Gasteiger partial charge in [-0.2, -0.15) is 0 Å². The zero-order chi connectivity index (χ0) is 16.9. The van der Waals surface area contributed by atoms with Crippen molar-refractivity contribution in [2.45, 2.75) is 26.2 Å². The van der Waals surface area contributed by atoms with E-state index in [4.69, 9.17) is 0 Å². The fraction of sp³-hybridized carbons (Fsp3) is 0.467. The number of sulfonamides is 1. The lowest BCUT2D eigenvalue weighted by atomic mass is 9.98. The lowest BCUT2D eigenvalue weighted by molar-refractivity contribution is -0.126. The van der Waals surface area contributed by atoms with Gasteiger partial charge in [0.25, 0.3) is 0 Å². The van der Waals surface area contributed by atoms with E-state index in [1.54, 1.807) is 31.2 Å². The van der Waals surface area contributed by atoms with Crippen molar-refractivity contribution >= 4 is 33.2 Å². The first-order chi connectivity index (χ1) is 10.9. The molecule has 1 aromatic carbocycles. The molecule has 8 heteroatoms. The minimum Gasteiger partial charge on any atom is -0.355 e. The summed E-state index contributed by atoms with van der Waals surface area (Å²) in [6, 6.07) is 6.49. The van der Waals surface area contributed by atoms with Crippen LogP contribution in [0.5, 0.6) is 0 Å². The maximum Gasteiger partial charge on any atom is 0.232 e. The Morgan fingerprint density at radius 1 is 1.26 bits per heavy atom. The monoisotopic (exact) mass is 339 g/mol. The number of carbonyl (C=O) groups excluding carboxylic acids is 2. The number of hydrogen-bond acceptors (Lipinski definition) is 4. The molecule has 2 rings (SSSR count). The van der Waals surface area contributed by atoms with Crippen molar-refractivity contribution in [2.24, 2.45) is 5.92 Å². The van der Waals surface area contributed by atoms with Crippen LogP contribution >= 0.6 is 0 Å². The van der Waals surface area contributed by atoms with Crippen LogP contribution in [0.1, 0.15) is 26.2 Å². The highest BCUT2D eigenvalue weighted by molar-refractivity contribution is 7.92. The van der Waals surface area contributed by atoms with Gasteiger partial charge in [0.05, 0.1) is 11.7 Å². The molecule has 0 aromatic heterocycles. The Bertz CT molecular complexity index is 660. The second-order valence-corrected chi connectivity index (χ2v) is 7.37. The Labute approximate surface area is 135 Å². The van der Waals surface area contributed by atoms with Crippen molar-refractivity contribution in [2.75, 3.05) is 22.3 Å². The molecule has 1 aliphatic rings. The fourth-order valence-electron chi connectivity index (χ4n) is 2.32. The highest BCUT2D eigenvalue weighted by Crippen LogP contribution is 2.18. The average Bonchev–Trinajstić information content (AvgIpc) is 2.49. The van der Waals surface area contributed by atoms with Crippen molar-refractivity contribution < 1.29 is 18.0 Å². The molecule has 1 aromatic rings. The van der Waals surface area contributed by atoms with Gasteiger partial charge in [-0.3, -0.25) is 14.3 Å². The smallest absolute Gasteiger partial charge is 0.232 e. The van der Waals surface area contributed by atoms with Crippen LogP contribution in [0, 0.1) is 5.92 Å². The average molecular weight is 339 g/mol. The molecule has 0 unspecified atom stereocenters. The number of piperidine rings is 1. The van der Waals surface area contributed by atoms with E-state index in [0.717, 1.165) is 0 Å². The number of benzene rings is 1. The summed E-state index contributed by atoms with van der Waals surface area (Å²) in [5.74, 6) is -0.351. The van der Waals surface area contributed by atoms with Gasteiger partial charge in [0, 0.05) is 24.3 Å². The summed E-state index contributed by atoms with van der Waals surface area (Å²) >= 11 is 0. The van der Waals surface area contributed by atoms with Crippen LogP contribution < -0.4 is 15.4 Å². The van der Waals surface area contributed by atoms with Gasteiger partial charge in [0.2, 0.25) is 21.8 Å². The molecule has 3 N–H and O–H groups in total. The second kappa shape index (κ2) is 7.45. The highest BCUT2D eigenvalue weighted by Gasteiger charge is 2.24. The molecule has 0 aliphatic carbocycles. The predicted octanol–water partition coefficient (Wildman–Crippen LogP) is 1.30. The Morgan fingerprint density at radius 2 is 1.91 bits per heavy atom. The lowest BCUT2D eigenvalue weighted by Gasteiger charge is -2.21. The zero-order valence-electron chi connectivity index (χ0n) is 13.0. The minimum absolute atomic E-state index is 0.0298. The molecule has 7 nitrogen and oxygen atoms in total. The molecule has 1 saturated heterocycles. The van der Waals surface area contributed by atoms with Crippen LogP contribution in [0.25, 0.3) is 0 Å². The van der Waals surface area contributed by atoms with E-state index < -0.39 is 10.0 Å². The van der Waals surface area contributed by atoms with Gasteiger partial charge < -0.3 is 10.6 Å². The van der Waals surface area contributed by atoms with Gasteiger partial charge >= 0.3 is 0 Å². The maximum atomic E-state index is 12.1. The normalized spacial score (nSPS) is 18.1. The summed E-state index contributed by atoms with van der Waals surface area (Å²) in [6.07, 6.45) is 1.43. The maximum absolute atomic E-state index is 12.1. The van der Waals surface area contributed by atoms with Crippen molar-refractivity contribution in [1.82, 2.24) is 5.32 Å². The van der Waals surface area contributed by atoms with Gasteiger partial charge in [-0.25, -0.2) is 8.42 Å². The van der Waals surface area contributed by atoms with Crippen LogP contribution in [0.3, 0.4) is 0 Å². The summed E-state index contributed by atoms with van der Waals surface area (Å²) < 4.78 is 25.8. The van der Waals surface area contributed by atoms with Crippen molar-refractivity contribution in [3.8, 4) is 0 Å². The van der Waals surface area contributed by atoms with Gasteiger partial charge in [-0.1, -0.05) is 6.92 Å². The van der Waals surface area contributed by atoms with Crippen LogP contribution in [0.2, 0.25) is 0 Å². The summed E-state index contributed by atoms with van der Waals surface area (Å²) in [5, 5.41) is 5.44. The Kier molecular flexibility index (Phi) is 5.59. The van der Waals surface area contributed by atoms with E-state index in [1.807, 2.05) is 0 Å². The quantitative estimate of drug-likeness (QED) is 0.726. The van der Waals surface area contributed by atoms with Crippen molar-refractivity contribution in [3.05, 3.63) is 24.3 Å². The second-order valence-electron chi connectivity index (χ2n) is 5.53. The molecule has 1 heterocycles. The van der Waals surface area contributed by atoms with Gasteiger partial charge in [-0.15, -0.1) is 0 Å². The first-order valence-corrected chi connectivity index (χ1v) is 9.23. The molecule has 1 aliphatic heterocycles. The SMILES string of the molecule is CCCS(=O)(=O)Nc1ccc(NC(=O)[C@@H]2CCC(=O)NC2)cc1.